The van der Waals surface area contributed by atoms with Gasteiger partial charge < -0.3 is 72.4 Å². The Morgan fingerprint density at radius 2 is 0.400 bits per heavy atom. The van der Waals surface area contributed by atoms with E-state index < -0.39 is 0 Å². The normalized spacial score (nSPS) is 0.800. The van der Waals surface area contributed by atoms with Crippen LogP contribution >= 0.6 is 0 Å². The van der Waals surface area contributed by atoms with Gasteiger partial charge in [0.15, 0.2) is 0 Å². The number of rotatable bonds is 0. The second-order valence-corrected chi connectivity index (χ2v) is 0. The van der Waals surface area contributed by atoms with E-state index >= 15 is 0 Å². The van der Waals surface area contributed by atoms with Crippen molar-refractivity contribution in [3.63, 3.8) is 0 Å². The molecular formula is C6HMn2N6Na-6. The minimum absolute atomic E-state index is 0. The van der Waals surface area contributed by atoms with Crippen LogP contribution in [0.1, 0.15) is 1.43 Å². The molecule has 0 aliphatic carbocycles. The van der Waals surface area contributed by atoms with Crippen molar-refractivity contribution >= 4 is 0 Å². The Balaban J connectivity index is -0.00000000321. The molecule has 0 aromatic heterocycles. The molecule has 0 heterocycles. The third kappa shape index (κ3) is 1500. The minimum Gasteiger partial charge on any atom is -1.00 e. The third-order valence-corrected chi connectivity index (χ3v) is 0. The first-order valence-corrected chi connectivity index (χ1v) is 1.34. The van der Waals surface area contributed by atoms with E-state index in [0.29, 0.717) is 0 Å². The van der Waals surface area contributed by atoms with E-state index in [-0.39, 0.29) is 65.1 Å². The van der Waals surface area contributed by atoms with E-state index in [1.165, 1.54) is 0 Å². The van der Waals surface area contributed by atoms with Gasteiger partial charge in [0, 0.05) is 34.1 Å². The average Bonchev–Trinajstić information content (AvgIpc) is 2.33. The summed E-state index contributed by atoms with van der Waals surface area (Å²) in [4.78, 5) is 0. The Labute approximate surface area is 135 Å². The molecule has 0 spiro atoms. The van der Waals surface area contributed by atoms with E-state index in [0.717, 1.165) is 0 Å². The molecule has 9 heteroatoms. The minimum atomic E-state index is 0. The Morgan fingerprint density at radius 1 is 0.400 bits per heavy atom. The monoisotopic (exact) mass is 290 g/mol. The predicted molar refractivity (Wildman–Crippen MR) is 30.9 cm³/mol. The van der Waals surface area contributed by atoms with Crippen LogP contribution in [0.5, 0.6) is 0 Å². The van der Waals surface area contributed by atoms with Gasteiger partial charge in [-0.3, -0.25) is 0 Å². The topological polar surface area (TPSA) is 143 Å². The van der Waals surface area contributed by atoms with Crippen LogP contribution in [-0.2, 0) is 34.1 Å². The van der Waals surface area contributed by atoms with E-state index in [1.807, 2.05) is 0 Å². The third-order valence-electron chi connectivity index (χ3n) is 0. The van der Waals surface area contributed by atoms with E-state index in [4.69, 9.17) is 71.0 Å². The molecule has 0 atom stereocenters. The molecule has 0 aliphatic heterocycles. The second kappa shape index (κ2) is 1790. The summed E-state index contributed by atoms with van der Waals surface area (Å²) < 4.78 is 0. The van der Waals surface area contributed by atoms with Gasteiger partial charge in [-0.2, -0.15) is 0 Å². The van der Waals surface area contributed by atoms with Crippen LogP contribution in [0.3, 0.4) is 0 Å². The molecular weight excluding hydrogens is 289 g/mol. The Bertz CT molecular complexity index is 106. The summed E-state index contributed by atoms with van der Waals surface area (Å²) >= 11 is 0. The molecule has 0 amide bonds. The molecule has 0 saturated carbocycles. The molecule has 0 rings (SSSR count). The van der Waals surface area contributed by atoms with Gasteiger partial charge in [-0.15, -0.1) is 0 Å². The number of hydrogen-bond acceptors (Lipinski definition) is 6. The van der Waals surface area contributed by atoms with Crippen LogP contribution in [0.2, 0.25) is 0 Å². The van der Waals surface area contributed by atoms with E-state index in [9.17, 15) is 0 Å². The van der Waals surface area contributed by atoms with Crippen molar-refractivity contribution in [1.29, 1.82) is 31.6 Å². The molecule has 0 aromatic carbocycles. The smallest absolute Gasteiger partial charge is 1.00 e. The fourth-order valence-corrected chi connectivity index (χ4v) is 0. The van der Waals surface area contributed by atoms with Crippen LogP contribution in [0, 0.1) is 71.0 Å². The zero-order valence-electron chi connectivity index (χ0n) is 8.44. The molecule has 0 aromatic rings. The quantitative estimate of drug-likeness (QED) is 0.362. The van der Waals surface area contributed by atoms with Crippen molar-refractivity contribution in [2.45, 2.75) is 0 Å². The van der Waals surface area contributed by atoms with Crippen molar-refractivity contribution in [3.05, 3.63) is 39.4 Å². The molecule has 0 N–H and O–H groups in total. The Hall–Kier alpha value is -1.02. The van der Waals surface area contributed by atoms with Gasteiger partial charge in [-0.05, 0) is 0 Å². The average molecular weight is 290 g/mol. The molecule has 0 unspecified atom stereocenters. The zero-order chi connectivity index (χ0) is 12.0. The van der Waals surface area contributed by atoms with Gasteiger partial charge >= 0.3 is 29.6 Å². The standard InChI is InChI=1S/6CN.2Mn.Na.H/c6*1-2;;;;/q6*-1;;;+1;-1. The Morgan fingerprint density at radius 3 is 0.400 bits per heavy atom. The van der Waals surface area contributed by atoms with Crippen LogP contribution in [-0.4, -0.2) is 0 Å². The van der Waals surface area contributed by atoms with Crippen molar-refractivity contribution in [1.82, 2.24) is 0 Å². The van der Waals surface area contributed by atoms with E-state index in [1.54, 1.807) is 0 Å². The molecule has 0 bridgehead atoms. The SMILES string of the molecule is [C-]#N.[C-]#N.[C-]#N.[C-]#N.[C-]#N.[C-]#N.[H-].[Mn].[Mn].[Na+]. The van der Waals surface area contributed by atoms with Crippen molar-refractivity contribution in [2.24, 2.45) is 0 Å². The molecule has 0 fully saturated rings. The summed E-state index contributed by atoms with van der Waals surface area (Å²) in [5.74, 6) is 0. The fraction of sp³-hybridized carbons (Fsp3) is 0. The zero-order valence-corrected chi connectivity index (χ0v) is 11.8. The first kappa shape index (κ1) is 95.0. The maximum Gasteiger partial charge on any atom is 1.00 e. The fourth-order valence-electron chi connectivity index (χ4n) is 0. The molecule has 2 radical (unpaired) electrons. The molecule has 0 saturated heterocycles. The van der Waals surface area contributed by atoms with E-state index in [2.05, 4.69) is 0 Å². The van der Waals surface area contributed by atoms with Crippen molar-refractivity contribution in [2.75, 3.05) is 0 Å². The summed E-state index contributed by atoms with van der Waals surface area (Å²) in [6.45, 7) is 28.5. The number of nitrogens with zero attached hydrogens (tertiary/aromatic N) is 6. The second-order valence-electron chi connectivity index (χ2n) is 0. The summed E-state index contributed by atoms with van der Waals surface area (Å²) in [5, 5.41) is 37.5. The first-order chi connectivity index (χ1) is 6.00. The molecule has 76 valence electrons. The summed E-state index contributed by atoms with van der Waals surface area (Å²) in [6, 6.07) is 0. The van der Waals surface area contributed by atoms with Crippen LogP contribution in [0.25, 0.3) is 0 Å². The van der Waals surface area contributed by atoms with Crippen LogP contribution in [0.15, 0.2) is 0 Å². The molecule has 6 nitrogen and oxygen atoms in total. The Kier molecular flexibility index (Phi) is 11300. The van der Waals surface area contributed by atoms with Crippen molar-refractivity contribution in [3.8, 4) is 0 Å². The first-order valence-electron chi connectivity index (χ1n) is 1.34. The maximum absolute atomic E-state index is 6.25. The van der Waals surface area contributed by atoms with Gasteiger partial charge in [-0.25, -0.2) is 0 Å². The maximum atomic E-state index is 6.25. The predicted octanol–water partition coefficient (Wildman–Crippen LogP) is -2.31. The molecule has 15 heavy (non-hydrogen) atoms. The van der Waals surface area contributed by atoms with Crippen LogP contribution < -0.4 is 29.6 Å². The number of hydrogen-bond donors (Lipinski definition) is 0. The molecule has 0 aliphatic rings. The largest absolute Gasteiger partial charge is 1.00 e. The summed E-state index contributed by atoms with van der Waals surface area (Å²) in [6.07, 6.45) is 0. The van der Waals surface area contributed by atoms with Crippen molar-refractivity contribution < 1.29 is 65.1 Å². The van der Waals surface area contributed by atoms with Crippen LogP contribution in [0.4, 0.5) is 0 Å². The summed E-state index contributed by atoms with van der Waals surface area (Å²) in [7, 11) is 0. The van der Waals surface area contributed by atoms with Gasteiger partial charge in [0.05, 0.1) is 0 Å². The van der Waals surface area contributed by atoms with Gasteiger partial charge in [-0.1, -0.05) is 0 Å². The van der Waals surface area contributed by atoms with Gasteiger partial charge in [0.25, 0.3) is 0 Å². The van der Waals surface area contributed by atoms with Gasteiger partial charge in [0.1, 0.15) is 0 Å². The summed E-state index contributed by atoms with van der Waals surface area (Å²) in [5.41, 5.74) is 0. The van der Waals surface area contributed by atoms with Gasteiger partial charge in [0.2, 0.25) is 0 Å².